The van der Waals surface area contributed by atoms with Gasteiger partial charge in [-0.15, -0.1) is 0 Å². The van der Waals surface area contributed by atoms with Gasteiger partial charge in [-0.2, -0.15) is 0 Å². The Morgan fingerprint density at radius 3 is 2.89 bits per heavy atom. The van der Waals surface area contributed by atoms with E-state index in [1.165, 1.54) is 24.4 Å². The predicted octanol–water partition coefficient (Wildman–Crippen LogP) is 2.33. The Hall–Kier alpha value is -2.43. The number of aromatic nitrogens is 1. The highest BCUT2D eigenvalue weighted by Gasteiger charge is 2.08. The number of carbonyl (C=O) groups is 2. The van der Waals surface area contributed by atoms with E-state index in [0.29, 0.717) is 18.0 Å². The number of nitrogens with one attached hydrogen (secondary N) is 1. The lowest BCUT2D eigenvalue weighted by molar-refractivity contribution is -0.111. The number of hydrogen-bond donors (Lipinski definition) is 1. The third-order valence-corrected chi connectivity index (χ3v) is 2.07. The van der Waals surface area contributed by atoms with Gasteiger partial charge in [-0.25, -0.2) is 9.78 Å². The molecule has 1 N–H and O–H groups in total. The monoisotopic (exact) mass is 260 g/mol. The van der Waals surface area contributed by atoms with Crippen LogP contribution in [-0.2, 0) is 9.53 Å². The van der Waals surface area contributed by atoms with Crippen molar-refractivity contribution in [2.24, 2.45) is 0 Å². The lowest BCUT2D eigenvalue weighted by Gasteiger charge is -2.04. The van der Waals surface area contributed by atoms with Crippen LogP contribution in [0.15, 0.2) is 42.6 Å². The van der Waals surface area contributed by atoms with Gasteiger partial charge in [0.15, 0.2) is 0 Å². The molecule has 0 saturated heterocycles. The molecular formula is C14H16N2O3. The van der Waals surface area contributed by atoms with Crippen molar-refractivity contribution in [1.82, 2.24) is 4.98 Å². The smallest absolute Gasteiger partial charge is 0.338 e. The first-order valence-corrected chi connectivity index (χ1v) is 5.91. The summed E-state index contributed by atoms with van der Waals surface area (Å²) in [5.74, 6) is -0.447. The molecule has 0 aliphatic carbocycles. The van der Waals surface area contributed by atoms with Crippen molar-refractivity contribution in [3.8, 4) is 0 Å². The maximum Gasteiger partial charge on any atom is 0.338 e. The summed E-state index contributed by atoms with van der Waals surface area (Å²) in [6, 6.07) is 3.00. The number of esters is 1. The fourth-order valence-electron chi connectivity index (χ4n) is 1.26. The van der Waals surface area contributed by atoms with Crippen molar-refractivity contribution in [2.75, 3.05) is 11.9 Å². The van der Waals surface area contributed by atoms with Gasteiger partial charge in [-0.3, -0.25) is 4.79 Å². The molecule has 1 amide bonds. The van der Waals surface area contributed by atoms with E-state index in [9.17, 15) is 9.59 Å². The number of anilines is 1. The number of rotatable bonds is 5. The van der Waals surface area contributed by atoms with E-state index in [2.05, 4.69) is 10.3 Å². The molecule has 1 rings (SSSR count). The van der Waals surface area contributed by atoms with Crippen LogP contribution in [0.3, 0.4) is 0 Å². The Bertz CT molecular complexity index is 507. The van der Waals surface area contributed by atoms with Crippen molar-refractivity contribution < 1.29 is 14.3 Å². The molecule has 0 radical (unpaired) electrons. The SMILES string of the molecule is C/C=C/C=C/C(=O)Nc1cc(C(=O)OCC)ccn1. The van der Waals surface area contributed by atoms with E-state index in [1.807, 2.05) is 13.0 Å². The van der Waals surface area contributed by atoms with E-state index in [0.717, 1.165) is 0 Å². The van der Waals surface area contributed by atoms with Crippen molar-refractivity contribution >= 4 is 17.7 Å². The number of pyridine rings is 1. The summed E-state index contributed by atoms with van der Waals surface area (Å²) in [4.78, 5) is 27.0. The lowest BCUT2D eigenvalue weighted by atomic mass is 10.2. The maximum absolute atomic E-state index is 11.5. The number of ether oxygens (including phenoxy) is 1. The van der Waals surface area contributed by atoms with Gasteiger partial charge in [0, 0.05) is 12.3 Å². The van der Waals surface area contributed by atoms with Gasteiger partial charge in [0.2, 0.25) is 5.91 Å². The largest absolute Gasteiger partial charge is 0.462 e. The molecule has 0 aliphatic rings. The summed E-state index contributed by atoms with van der Waals surface area (Å²) >= 11 is 0. The second kappa shape index (κ2) is 7.81. The highest BCUT2D eigenvalue weighted by atomic mass is 16.5. The normalized spacial score (nSPS) is 10.8. The Balaban J connectivity index is 2.72. The molecule has 0 aromatic carbocycles. The van der Waals surface area contributed by atoms with Gasteiger partial charge < -0.3 is 10.1 Å². The Morgan fingerprint density at radius 2 is 2.21 bits per heavy atom. The van der Waals surface area contributed by atoms with Gasteiger partial charge >= 0.3 is 5.97 Å². The Labute approximate surface area is 112 Å². The van der Waals surface area contributed by atoms with Crippen molar-refractivity contribution in [3.05, 3.63) is 48.2 Å². The van der Waals surface area contributed by atoms with Crippen LogP contribution in [0.1, 0.15) is 24.2 Å². The minimum absolute atomic E-state index is 0.301. The predicted molar refractivity (Wildman–Crippen MR) is 72.8 cm³/mol. The molecular weight excluding hydrogens is 244 g/mol. The molecule has 19 heavy (non-hydrogen) atoms. The first-order valence-electron chi connectivity index (χ1n) is 5.91. The van der Waals surface area contributed by atoms with E-state index < -0.39 is 5.97 Å². The quantitative estimate of drug-likeness (QED) is 0.501. The minimum Gasteiger partial charge on any atom is -0.462 e. The number of amides is 1. The first kappa shape index (κ1) is 14.6. The highest BCUT2D eigenvalue weighted by Crippen LogP contribution is 2.08. The molecule has 0 spiro atoms. The second-order valence-electron chi connectivity index (χ2n) is 3.52. The molecule has 1 aromatic heterocycles. The van der Waals surface area contributed by atoms with Crippen molar-refractivity contribution in [3.63, 3.8) is 0 Å². The molecule has 0 saturated carbocycles. The molecule has 1 aromatic rings. The van der Waals surface area contributed by atoms with E-state index >= 15 is 0 Å². The van der Waals surface area contributed by atoms with E-state index in [4.69, 9.17) is 4.74 Å². The molecule has 100 valence electrons. The van der Waals surface area contributed by atoms with Gasteiger partial charge in [-0.1, -0.05) is 18.2 Å². The average molecular weight is 260 g/mol. The second-order valence-corrected chi connectivity index (χ2v) is 3.52. The number of allylic oxidation sites excluding steroid dienone is 3. The molecule has 0 atom stereocenters. The van der Waals surface area contributed by atoms with Gasteiger partial charge in [-0.05, 0) is 26.0 Å². The summed E-state index contributed by atoms with van der Waals surface area (Å²) in [6.07, 6.45) is 7.98. The van der Waals surface area contributed by atoms with Crippen LogP contribution >= 0.6 is 0 Å². The number of carbonyl (C=O) groups excluding carboxylic acids is 2. The van der Waals surface area contributed by atoms with Crippen LogP contribution < -0.4 is 5.32 Å². The lowest BCUT2D eigenvalue weighted by Crippen LogP contribution is -2.11. The summed E-state index contributed by atoms with van der Waals surface area (Å²) in [5, 5.41) is 2.56. The zero-order chi connectivity index (χ0) is 14.1. The first-order chi connectivity index (χ1) is 9.17. The van der Waals surface area contributed by atoms with E-state index in [-0.39, 0.29) is 5.91 Å². The summed E-state index contributed by atoms with van der Waals surface area (Å²) < 4.78 is 4.86. The average Bonchev–Trinajstić information content (AvgIpc) is 2.39. The third-order valence-electron chi connectivity index (χ3n) is 2.07. The fraction of sp³-hybridized carbons (Fsp3) is 0.214. The third kappa shape index (κ3) is 5.16. The molecule has 5 nitrogen and oxygen atoms in total. The topological polar surface area (TPSA) is 68.3 Å². The Morgan fingerprint density at radius 1 is 1.42 bits per heavy atom. The summed E-state index contributed by atoms with van der Waals surface area (Å²) in [5.41, 5.74) is 0.351. The highest BCUT2D eigenvalue weighted by molar-refractivity contribution is 5.99. The molecule has 0 bridgehead atoms. The van der Waals surface area contributed by atoms with Crippen molar-refractivity contribution in [2.45, 2.75) is 13.8 Å². The number of nitrogens with zero attached hydrogens (tertiary/aromatic N) is 1. The van der Waals surface area contributed by atoms with E-state index in [1.54, 1.807) is 19.1 Å². The van der Waals surface area contributed by atoms with Crippen LogP contribution in [0.5, 0.6) is 0 Å². The van der Waals surface area contributed by atoms with Crippen LogP contribution in [0, 0.1) is 0 Å². The zero-order valence-corrected chi connectivity index (χ0v) is 10.9. The molecule has 0 fully saturated rings. The summed E-state index contributed by atoms with van der Waals surface area (Å²) in [6.45, 7) is 3.88. The molecule has 0 unspecified atom stereocenters. The molecule has 5 heteroatoms. The van der Waals surface area contributed by atoms with Crippen LogP contribution in [0.2, 0.25) is 0 Å². The fourth-order valence-corrected chi connectivity index (χ4v) is 1.26. The Kier molecular flexibility index (Phi) is 6.02. The minimum atomic E-state index is -0.440. The van der Waals surface area contributed by atoms with Gasteiger partial charge in [0.25, 0.3) is 0 Å². The van der Waals surface area contributed by atoms with Crippen LogP contribution in [-0.4, -0.2) is 23.5 Å². The number of hydrogen-bond acceptors (Lipinski definition) is 4. The van der Waals surface area contributed by atoms with Gasteiger partial charge in [0.05, 0.1) is 12.2 Å². The van der Waals surface area contributed by atoms with Crippen LogP contribution in [0.25, 0.3) is 0 Å². The maximum atomic E-state index is 11.5. The van der Waals surface area contributed by atoms with Crippen LogP contribution in [0.4, 0.5) is 5.82 Å². The molecule has 0 aliphatic heterocycles. The standard InChI is InChI=1S/C14H16N2O3/c1-3-5-6-7-13(17)16-12-10-11(8-9-15-12)14(18)19-4-2/h3,5-10H,4H2,1-2H3,(H,15,16,17)/b5-3+,7-6+. The molecule has 1 heterocycles. The zero-order valence-electron chi connectivity index (χ0n) is 10.9. The van der Waals surface area contributed by atoms with Crippen molar-refractivity contribution in [1.29, 1.82) is 0 Å². The van der Waals surface area contributed by atoms with Gasteiger partial charge in [0.1, 0.15) is 5.82 Å². The summed E-state index contributed by atoms with van der Waals surface area (Å²) in [7, 11) is 0.